The lowest BCUT2D eigenvalue weighted by Crippen LogP contribution is -2.44. The van der Waals surface area contributed by atoms with Crippen molar-refractivity contribution in [3.63, 3.8) is 0 Å². The maximum atomic E-state index is 13.4. The van der Waals surface area contributed by atoms with E-state index in [0.29, 0.717) is 29.8 Å². The lowest BCUT2D eigenvalue weighted by atomic mass is 9.83. The Morgan fingerprint density at radius 2 is 1.81 bits per heavy atom. The van der Waals surface area contributed by atoms with Crippen LogP contribution in [0.4, 0.5) is 4.39 Å². The number of hydrogen-bond acceptors (Lipinski definition) is 4. The molecule has 0 saturated heterocycles. The van der Waals surface area contributed by atoms with E-state index in [2.05, 4.69) is 5.32 Å². The SMILES string of the molecule is CCOC(=O)C1=C(C)N(CC(=O)NCCc2ccccc2)C(=O)CC1c1ccc(F)cc1. The normalized spacial score (nSPS) is 16.2. The van der Waals surface area contributed by atoms with E-state index in [-0.39, 0.29) is 31.4 Å². The summed E-state index contributed by atoms with van der Waals surface area (Å²) in [4.78, 5) is 39.5. The lowest BCUT2D eigenvalue weighted by Gasteiger charge is -2.34. The number of nitrogens with zero attached hydrogens (tertiary/aromatic N) is 1. The van der Waals surface area contributed by atoms with Gasteiger partial charge in [0.15, 0.2) is 0 Å². The fourth-order valence-electron chi connectivity index (χ4n) is 3.85. The van der Waals surface area contributed by atoms with Gasteiger partial charge in [-0.05, 0) is 43.5 Å². The first-order chi connectivity index (χ1) is 15.4. The Kier molecular flexibility index (Phi) is 7.76. The molecule has 1 aliphatic heterocycles. The first-order valence-corrected chi connectivity index (χ1v) is 10.6. The van der Waals surface area contributed by atoms with Gasteiger partial charge in [0.2, 0.25) is 11.8 Å². The number of esters is 1. The smallest absolute Gasteiger partial charge is 0.336 e. The predicted molar refractivity (Wildman–Crippen MR) is 118 cm³/mol. The van der Waals surface area contributed by atoms with Crippen molar-refractivity contribution in [2.24, 2.45) is 0 Å². The molecule has 0 saturated carbocycles. The largest absolute Gasteiger partial charge is 0.463 e. The molecule has 0 radical (unpaired) electrons. The van der Waals surface area contributed by atoms with Crippen LogP contribution in [0.5, 0.6) is 0 Å². The molecule has 1 N–H and O–H groups in total. The molecule has 1 heterocycles. The van der Waals surface area contributed by atoms with Gasteiger partial charge in [-0.15, -0.1) is 0 Å². The van der Waals surface area contributed by atoms with Crippen LogP contribution in [-0.4, -0.2) is 42.4 Å². The van der Waals surface area contributed by atoms with E-state index in [0.717, 1.165) is 5.56 Å². The van der Waals surface area contributed by atoms with Gasteiger partial charge in [0.25, 0.3) is 0 Å². The summed E-state index contributed by atoms with van der Waals surface area (Å²) in [6, 6.07) is 15.5. The Balaban J connectivity index is 1.76. The average Bonchev–Trinajstić information content (AvgIpc) is 2.77. The van der Waals surface area contributed by atoms with Gasteiger partial charge in [0.1, 0.15) is 12.4 Å². The predicted octanol–water partition coefficient (Wildman–Crippen LogP) is 3.34. The summed E-state index contributed by atoms with van der Waals surface area (Å²) < 4.78 is 18.6. The van der Waals surface area contributed by atoms with Crippen LogP contribution in [0.1, 0.15) is 37.3 Å². The molecule has 1 unspecified atom stereocenters. The van der Waals surface area contributed by atoms with Crippen LogP contribution in [0.3, 0.4) is 0 Å². The van der Waals surface area contributed by atoms with Gasteiger partial charge in [-0.25, -0.2) is 9.18 Å². The molecule has 1 aliphatic rings. The first-order valence-electron chi connectivity index (χ1n) is 10.6. The Morgan fingerprint density at radius 1 is 1.12 bits per heavy atom. The molecule has 0 bridgehead atoms. The van der Waals surface area contributed by atoms with Crippen LogP contribution < -0.4 is 5.32 Å². The summed E-state index contributed by atoms with van der Waals surface area (Å²) in [5, 5.41) is 2.82. The summed E-state index contributed by atoms with van der Waals surface area (Å²) in [6.45, 7) is 3.78. The van der Waals surface area contributed by atoms with Crippen LogP contribution in [0.15, 0.2) is 65.9 Å². The fourth-order valence-corrected chi connectivity index (χ4v) is 3.85. The summed E-state index contributed by atoms with van der Waals surface area (Å²) in [5.74, 6) is -2.08. The second kappa shape index (κ2) is 10.7. The highest BCUT2D eigenvalue weighted by atomic mass is 19.1. The number of hydrogen-bond donors (Lipinski definition) is 1. The van der Waals surface area contributed by atoms with Gasteiger partial charge < -0.3 is 15.0 Å². The third kappa shape index (κ3) is 5.60. The van der Waals surface area contributed by atoms with Gasteiger partial charge in [0, 0.05) is 24.6 Å². The van der Waals surface area contributed by atoms with Crippen LogP contribution in [-0.2, 0) is 25.5 Å². The van der Waals surface area contributed by atoms with E-state index in [1.54, 1.807) is 26.0 Å². The molecule has 0 fully saturated rings. The van der Waals surface area contributed by atoms with Gasteiger partial charge in [-0.2, -0.15) is 0 Å². The topological polar surface area (TPSA) is 75.7 Å². The molecule has 1 atom stereocenters. The van der Waals surface area contributed by atoms with E-state index in [1.165, 1.54) is 17.0 Å². The molecule has 7 heteroatoms. The molecule has 6 nitrogen and oxygen atoms in total. The second-order valence-corrected chi connectivity index (χ2v) is 7.59. The zero-order valence-electron chi connectivity index (χ0n) is 18.3. The molecule has 32 heavy (non-hydrogen) atoms. The third-order valence-electron chi connectivity index (χ3n) is 5.47. The Bertz CT molecular complexity index is 1000. The Labute approximate surface area is 187 Å². The van der Waals surface area contributed by atoms with Crippen molar-refractivity contribution in [3.8, 4) is 0 Å². The van der Waals surface area contributed by atoms with Crippen molar-refractivity contribution in [3.05, 3.63) is 82.8 Å². The van der Waals surface area contributed by atoms with Crippen LogP contribution in [0, 0.1) is 5.82 Å². The number of carbonyl (C=O) groups excluding carboxylic acids is 3. The van der Waals surface area contributed by atoms with Crippen molar-refractivity contribution in [1.29, 1.82) is 0 Å². The van der Waals surface area contributed by atoms with Crippen LogP contribution in [0.25, 0.3) is 0 Å². The van der Waals surface area contributed by atoms with Crippen molar-refractivity contribution in [1.82, 2.24) is 10.2 Å². The third-order valence-corrected chi connectivity index (χ3v) is 5.47. The standard InChI is InChI=1S/C25H27FN2O4/c1-3-32-25(31)24-17(2)28(16-22(29)27-14-13-18-7-5-4-6-8-18)23(30)15-21(24)19-9-11-20(26)12-10-19/h4-12,21H,3,13-16H2,1-2H3,(H,27,29). The minimum Gasteiger partial charge on any atom is -0.463 e. The highest BCUT2D eigenvalue weighted by Crippen LogP contribution is 2.37. The fraction of sp³-hybridized carbons (Fsp3) is 0.320. The summed E-state index contributed by atoms with van der Waals surface area (Å²) in [6.07, 6.45) is 0.671. The van der Waals surface area contributed by atoms with Crippen LogP contribution >= 0.6 is 0 Å². The quantitative estimate of drug-likeness (QED) is 0.642. The van der Waals surface area contributed by atoms with Crippen molar-refractivity contribution < 1.29 is 23.5 Å². The average molecular weight is 438 g/mol. The minimum atomic E-state index is -0.556. The minimum absolute atomic E-state index is 0.00554. The lowest BCUT2D eigenvalue weighted by molar-refractivity contribution is -0.141. The molecule has 2 amide bonds. The number of amides is 2. The zero-order valence-corrected chi connectivity index (χ0v) is 18.3. The number of rotatable bonds is 8. The van der Waals surface area contributed by atoms with E-state index in [1.807, 2.05) is 30.3 Å². The van der Waals surface area contributed by atoms with Gasteiger partial charge in [-0.3, -0.25) is 9.59 Å². The van der Waals surface area contributed by atoms with Gasteiger partial charge in [0.05, 0.1) is 12.2 Å². The summed E-state index contributed by atoms with van der Waals surface area (Å²) in [7, 11) is 0. The molecular formula is C25H27FN2O4. The zero-order chi connectivity index (χ0) is 23.1. The Morgan fingerprint density at radius 3 is 2.47 bits per heavy atom. The second-order valence-electron chi connectivity index (χ2n) is 7.59. The van der Waals surface area contributed by atoms with E-state index in [4.69, 9.17) is 4.74 Å². The first kappa shape index (κ1) is 23.2. The summed E-state index contributed by atoms with van der Waals surface area (Å²) in [5.41, 5.74) is 2.45. The maximum absolute atomic E-state index is 13.4. The number of allylic oxidation sites excluding steroid dienone is 1. The molecule has 3 rings (SSSR count). The van der Waals surface area contributed by atoms with E-state index < -0.39 is 17.7 Å². The number of halogens is 1. The maximum Gasteiger partial charge on any atom is 0.336 e. The monoisotopic (exact) mass is 438 g/mol. The van der Waals surface area contributed by atoms with E-state index >= 15 is 0 Å². The van der Waals surface area contributed by atoms with Crippen molar-refractivity contribution in [2.75, 3.05) is 19.7 Å². The number of carbonyl (C=O) groups is 3. The van der Waals surface area contributed by atoms with Crippen molar-refractivity contribution in [2.45, 2.75) is 32.6 Å². The molecule has 0 spiro atoms. The summed E-state index contributed by atoms with van der Waals surface area (Å²) >= 11 is 0. The van der Waals surface area contributed by atoms with Crippen LogP contribution in [0.2, 0.25) is 0 Å². The van der Waals surface area contributed by atoms with Gasteiger partial charge >= 0.3 is 5.97 Å². The number of nitrogens with one attached hydrogen (secondary N) is 1. The molecule has 2 aromatic carbocycles. The number of benzene rings is 2. The Hall–Kier alpha value is -3.48. The molecule has 0 aliphatic carbocycles. The highest BCUT2D eigenvalue weighted by molar-refractivity contribution is 5.97. The van der Waals surface area contributed by atoms with Gasteiger partial charge in [-0.1, -0.05) is 42.5 Å². The van der Waals surface area contributed by atoms with E-state index in [9.17, 15) is 18.8 Å². The molecule has 2 aromatic rings. The van der Waals surface area contributed by atoms with Crippen molar-refractivity contribution >= 4 is 17.8 Å². The number of ether oxygens (including phenoxy) is 1. The molecule has 168 valence electrons. The molecular weight excluding hydrogens is 411 g/mol. The highest BCUT2D eigenvalue weighted by Gasteiger charge is 2.37. The molecule has 0 aromatic heterocycles.